The van der Waals surface area contributed by atoms with E-state index in [1.54, 1.807) is 147 Å². The fourth-order valence-corrected chi connectivity index (χ4v) is 23.4. The number of halogens is 1. The van der Waals surface area contributed by atoms with E-state index in [9.17, 15) is 0 Å². The highest BCUT2D eigenvalue weighted by Crippen LogP contribution is 2.92. The molecule has 2 aliphatic heterocycles. The van der Waals surface area contributed by atoms with Crippen LogP contribution in [0.25, 0.3) is 0 Å². The quantitative estimate of drug-likeness (QED) is 0.154. The lowest BCUT2D eigenvalue weighted by Gasteiger charge is -2.66. The first-order valence-electron chi connectivity index (χ1n) is 17.1. The molecule has 10 rings (SSSR count). The Labute approximate surface area is 232 Å². The van der Waals surface area contributed by atoms with E-state index in [0.29, 0.717) is 0 Å². The number of rotatable bonds is 8. The molecule has 0 unspecified atom stereocenters. The lowest BCUT2D eigenvalue weighted by Crippen LogP contribution is -2.59. The van der Waals surface area contributed by atoms with Crippen LogP contribution in [-0.2, 0) is 0 Å². The van der Waals surface area contributed by atoms with Gasteiger partial charge in [-0.3, -0.25) is 0 Å². The van der Waals surface area contributed by atoms with Crippen LogP contribution >= 0.6 is 21.5 Å². The molecular weight excluding hydrogens is 518 g/mol. The Morgan fingerprint density at radius 2 is 0.944 bits per heavy atom. The number of fused-ring (bicyclic) bond motifs is 2. The minimum atomic E-state index is -1.15. The summed E-state index contributed by atoms with van der Waals surface area (Å²) in [7, 11) is 0. The molecule has 0 N–H and O–H groups in total. The summed E-state index contributed by atoms with van der Waals surface area (Å²) in [6.45, 7) is 1.13. The maximum absolute atomic E-state index is 5.04. The molecule has 0 aromatic carbocycles. The summed E-state index contributed by atoms with van der Waals surface area (Å²) in [5, 5.41) is 1.54. The second kappa shape index (κ2) is 9.25. The van der Waals surface area contributed by atoms with E-state index in [1.807, 2.05) is 0 Å². The number of hydrogen-bond donors (Lipinski definition) is 0. The summed E-state index contributed by atoms with van der Waals surface area (Å²) in [4.78, 5) is 0. The number of hydrogen-bond acceptors (Lipinski definition) is 0. The van der Waals surface area contributed by atoms with Crippen molar-refractivity contribution in [3.05, 3.63) is 0 Å². The van der Waals surface area contributed by atoms with Gasteiger partial charge in [0.25, 0.3) is 0 Å². The molecule has 0 radical (unpaired) electrons. The van der Waals surface area contributed by atoms with E-state index < -0.39 is 5.96 Å². The van der Waals surface area contributed by atoms with Crippen molar-refractivity contribution < 1.29 is 0 Å². The second-order valence-electron chi connectivity index (χ2n) is 16.6. The minimum Gasteiger partial charge on any atom is -0.0737 e. The van der Waals surface area contributed by atoms with Crippen molar-refractivity contribution in [1.29, 1.82) is 0 Å². The van der Waals surface area contributed by atoms with Gasteiger partial charge in [0.1, 0.15) is 22.2 Å². The summed E-state index contributed by atoms with van der Waals surface area (Å²) in [5.74, 6) is 7.81. The van der Waals surface area contributed by atoms with Gasteiger partial charge < -0.3 is 0 Å². The third-order valence-electron chi connectivity index (χ3n) is 14.5. The zero-order valence-electron chi connectivity index (χ0n) is 23.3. The van der Waals surface area contributed by atoms with Gasteiger partial charge in [-0.2, -0.15) is 0 Å². The van der Waals surface area contributed by atoms with Gasteiger partial charge in [-0.15, -0.1) is 0 Å². The van der Waals surface area contributed by atoms with Crippen LogP contribution in [0, 0.1) is 35.5 Å². The molecule has 0 spiro atoms. The molecule has 0 aromatic rings. The van der Waals surface area contributed by atoms with E-state index in [-0.39, 0.29) is 0 Å². The summed E-state index contributed by atoms with van der Waals surface area (Å²) >= 11 is 5.04. The van der Waals surface area contributed by atoms with Crippen molar-refractivity contribution in [2.24, 2.45) is 35.5 Å². The van der Waals surface area contributed by atoms with Crippen LogP contribution < -0.4 is 0 Å². The van der Waals surface area contributed by atoms with E-state index in [2.05, 4.69) is 0 Å². The van der Waals surface area contributed by atoms with Gasteiger partial charge in [0.15, 0.2) is 0 Å². The molecule has 0 atom stereocenters. The van der Waals surface area contributed by atoms with Gasteiger partial charge in [0, 0.05) is 0 Å². The lowest BCUT2D eigenvalue weighted by atomic mass is 9.26. The third kappa shape index (κ3) is 3.88. The van der Waals surface area contributed by atoms with E-state index in [4.69, 9.17) is 15.5 Å². The van der Waals surface area contributed by atoms with Crippen LogP contribution in [-0.4, -0.2) is 23.2 Å². The molecule has 10 bridgehead atoms. The molecular formula is C33H54BBrP+. The lowest BCUT2D eigenvalue weighted by molar-refractivity contribution is 0.0178. The average Bonchev–Trinajstić information content (AvgIpc) is 2.81. The van der Waals surface area contributed by atoms with E-state index in [0.717, 1.165) is 64.2 Å². The van der Waals surface area contributed by atoms with Crippen molar-refractivity contribution in [2.75, 3.05) is 6.16 Å². The molecule has 8 saturated carbocycles. The Balaban J connectivity index is 1.01. The van der Waals surface area contributed by atoms with E-state index in [1.165, 1.54) is 0 Å². The summed E-state index contributed by atoms with van der Waals surface area (Å²) in [5.41, 5.74) is 0. The van der Waals surface area contributed by atoms with Crippen LogP contribution in [0.4, 0.5) is 0 Å². The molecule has 8 aliphatic carbocycles. The Morgan fingerprint density at radius 1 is 0.556 bits per heavy atom. The minimum absolute atomic E-state index is 0.772. The highest BCUT2D eigenvalue weighted by molar-refractivity contribution is 9.42. The van der Waals surface area contributed by atoms with E-state index >= 15 is 0 Å². The third-order valence-corrected chi connectivity index (χ3v) is 25.1. The zero-order chi connectivity index (χ0) is 24.0. The molecule has 36 heavy (non-hydrogen) atoms. The first kappa shape index (κ1) is 24.7. The maximum Gasteiger partial charge on any atom is 0.146 e. The number of unbranched alkanes of at least 4 members (excludes halogenated alkanes) is 2. The average molecular weight is 572 g/mol. The van der Waals surface area contributed by atoms with Crippen LogP contribution in [0.15, 0.2) is 0 Å². The Bertz CT molecular complexity index is 701. The standard InChI is InChI=1S/C33H54BBrP/c35-36(32-18-24-12-25(19-32)14-26(13-24)20-32,33-21-27-15-28(22-33)17-29(16-27)23-33)11-3-1-2-10-34-30-6-4-7-31(34)9-5-8-30/h24-31H,1-23H2/q+1. The fraction of sp³-hybridized carbons (Fsp3) is 1.00. The summed E-state index contributed by atoms with van der Waals surface area (Å²) < 4.78 is 0. The largest absolute Gasteiger partial charge is 0.146 e. The smallest absolute Gasteiger partial charge is 0.0737 e. The van der Waals surface area contributed by atoms with Crippen LogP contribution in [0.3, 0.4) is 0 Å². The van der Waals surface area contributed by atoms with Crippen molar-refractivity contribution in [1.82, 2.24) is 0 Å². The topological polar surface area (TPSA) is 0 Å². The van der Waals surface area contributed by atoms with Gasteiger partial charge in [-0.05, 0) is 119 Å². The zero-order valence-corrected chi connectivity index (χ0v) is 25.8. The van der Waals surface area contributed by atoms with Gasteiger partial charge in [0.2, 0.25) is 0 Å². The molecule has 2 heterocycles. The molecule has 0 amide bonds. The Morgan fingerprint density at radius 3 is 1.33 bits per heavy atom. The SMILES string of the molecule is Br[P+](CCCCCB1C2CCCC1CCC2)(C12CC3CC(CC(C3)C1)C2)C12CC3CC(CC(C3)C1)C2. The highest BCUT2D eigenvalue weighted by atomic mass is 79.9. The summed E-state index contributed by atoms with van der Waals surface area (Å²) in [6, 6.07) is 0. The van der Waals surface area contributed by atoms with Gasteiger partial charge in [-0.1, -0.05) is 69.3 Å². The Hall–Kier alpha value is 0.975. The molecule has 3 heteroatoms. The fourth-order valence-electron chi connectivity index (χ4n) is 14.1. The van der Waals surface area contributed by atoms with Crippen molar-refractivity contribution in [3.63, 3.8) is 0 Å². The predicted octanol–water partition coefficient (Wildman–Crippen LogP) is 11.0. The second-order valence-corrected chi connectivity index (χ2v) is 24.0. The van der Waals surface area contributed by atoms with Crippen molar-refractivity contribution in [2.45, 2.75) is 163 Å². The first-order valence-corrected chi connectivity index (χ1v) is 21.1. The molecule has 200 valence electrons. The predicted molar refractivity (Wildman–Crippen MR) is 162 cm³/mol. The van der Waals surface area contributed by atoms with Crippen molar-refractivity contribution >= 4 is 28.2 Å². The van der Waals surface area contributed by atoms with Crippen LogP contribution in [0.1, 0.15) is 135 Å². The van der Waals surface area contributed by atoms with Gasteiger partial charge in [-0.25, -0.2) is 0 Å². The molecule has 2 saturated heterocycles. The van der Waals surface area contributed by atoms with Crippen LogP contribution in [0.2, 0.25) is 18.0 Å². The normalized spacial score (nSPS) is 52.1. The van der Waals surface area contributed by atoms with Gasteiger partial charge >= 0.3 is 0 Å². The summed E-state index contributed by atoms with van der Waals surface area (Å²) in [6.07, 6.45) is 37.0. The molecule has 10 fully saturated rings. The van der Waals surface area contributed by atoms with Crippen molar-refractivity contribution in [3.8, 4) is 0 Å². The molecule has 0 aromatic heterocycles. The Kier molecular flexibility index (Phi) is 6.36. The highest BCUT2D eigenvalue weighted by Gasteiger charge is 2.74. The van der Waals surface area contributed by atoms with Gasteiger partial charge in [0.05, 0.1) is 22.4 Å². The monoisotopic (exact) mass is 571 g/mol. The molecule has 10 aliphatic rings. The van der Waals surface area contributed by atoms with Crippen LogP contribution in [0.5, 0.6) is 0 Å². The molecule has 0 nitrogen and oxygen atoms in total. The maximum atomic E-state index is 5.04. The first-order chi connectivity index (χ1) is 17.5.